The van der Waals surface area contributed by atoms with Crippen LogP contribution < -0.4 is 5.32 Å². The molecule has 0 saturated carbocycles. The summed E-state index contributed by atoms with van der Waals surface area (Å²) in [7, 11) is 0. The second-order valence-electron chi connectivity index (χ2n) is 4.61. The van der Waals surface area contributed by atoms with Gasteiger partial charge in [0.25, 0.3) is 0 Å². The molecule has 3 heteroatoms. The lowest BCUT2D eigenvalue weighted by molar-refractivity contribution is 0.687. The summed E-state index contributed by atoms with van der Waals surface area (Å²) in [5.41, 5.74) is 4.05. The Labute approximate surface area is 113 Å². The molecule has 0 aliphatic rings. The molecule has 0 unspecified atom stereocenters. The second kappa shape index (κ2) is 6.12. The first kappa shape index (κ1) is 13.2. The van der Waals surface area contributed by atoms with Crippen LogP contribution in [0.2, 0.25) is 0 Å². The van der Waals surface area contributed by atoms with Gasteiger partial charge in [-0.15, -0.1) is 11.3 Å². The third-order valence-corrected chi connectivity index (χ3v) is 4.19. The lowest BCUT2D eigenvalue weighted by atomic mass is 10.1. The Bertz CT molecular complexity index is 517. The quantitative estimate of drug-likeness (QED) is 0.888. The van der Waals surface area contributed by atoms with Gasteiger partial charge in [-0.1, -0.05) is 30.7 Å². The summed E-state index contributed by atoms with van der Waals surface area (Å²) in [4.78, 5) is 5.77. The van der Waals surface area contributed by atoms with E-state index in [1.165, 1.54) is 26.6 Å². The molecule has 0 amide bonds. The number of nitrogens with zero attached hydrogens (tertiary/aromatic N) is 1. The van der Waals surface area contributed by atoms with E-state index in [1.54, 1.807) is 11.3 Å². The summed E-state index contributed by atoms with van der Waals surface area (Å²) in [6.45, 7) is 8.24. The zero-order chi connectivity index (χ0) is 13.0. The van der Waals surface area contributed by atoms with Crippen LogP contribution in [0.4, 0.5) is 0 Å². The minimum Gasteiger partial charge on any atom is -0.306 e. The lowest BCUT2D eigenvalue weighted by Crippen LogP contribution is -2.13. The molecule has 0 aliphatic carbocycles. The molecule has 1 N–H and O–H groups in total. The van der Waals surface area contributed by atoms with Gasteiger partial charge in [0.05, 0.1) is 0 Å². The SMILES string of the molecule is CCc1cnc(CNCc2cc(C)ccc2C)s1. The maximum Gasteiger partial charge on any atom is 0.107 e. The standard InChI is InChI=1S/C15H20N2S/c1-4-14-9-17-15(18-14)10-16-8-13-7-11(2)5-6-12(13)3/h5-7,9,16H,4,8,10H2,1-3H3. The highest BCUT2D eigenvalue weighted by molar-refractivity contribution is 7.11. The van der Waals surface area contributed by atoms with Crippen LogP contribution in [0.25, 0.3) is 0 Å². The third-order valence-electron chi connectivity index (χ3n) is 3.05. The molecule has 0 radical (unpaired) electrons. The second-order valence-corrected chi connectivity index (χ2v) is 5.81. The van der Waals surface area contributed by atoms with Crippen molar-refractivity contribution in [3.05, 3.63) is 51.0 Å². The van der Waals surface area contributed by atoms with Crippen LogP contribution in [0.3, 0.4) is 0 Å². The zero-order valence-corrected chi connectivity index (χ0v) is 12.1. The van der Waals surface area contributed by atoms with Gasteiger partial charge in [-0.3, -0.25) is 0 Å². The molecule has 2 nitrogen and oxygen atoms in total. The van der Waals surface area contributed by atoms with Crippen LogP contribution in [0.15, 0.2) is 24.4 Å². The van der Waals surface area contributed by atoms with Crippen LogP contribution in [-0.4, -0.2) is 4.98 Å². The number of rotatable bonds is 5. The van der Waals surface area contributed by atoms with Crippen LogP contribution in [-0.2, 0) is 19.5 Å². The van der Waals surface area contributed by atoms with Gasteiger partial charge in [-0.2, -0.15) is 0 Å². The molecule has 96 valence electrons. The minimum absolute atomic E-state index is 0.859. The van der Waals surface area contributed by atoms with Crippen molar-refractivity contribution in [1.29, 1.82) is 0 Å². The van der Waals surface area contributed by atoms with E-state index in [-0.39, 0.29) is 0 Å². The molecule has 0 aliphatic heterocycles. The zero-order valence-electron chi connectivity index (χ0n) is 11.3. The van der Waals surface area contributed by atoms with E-state index in [2.05, 4.69) is 49.3 Å². The smallest absolute Gasteiger partial charge is 0.107 e. The molecule has 0 bridgehead atoms. The van der Waals surface area contributed by atoms with E-state index in [1.807, 2.05) is 6.20 Å². The fourth-order valence-corrected chi connectivity index (χ4v) is 2.72. The average molecular weight is 260 g/mol. The highest BCUT2D eigenvalue weighted by atomic mass is 32.1. The van der Waals surface area contributed by atoms with Gasteiger partial charge >= 0.3 is 0 Å². The van der Waals surface area contributed by atoms with E-state index >= 15 is 0 Å². The summed E-state index contributed by atoms with van der Waals surface area (Å²) < 4.78 is 0. The van der Waals surface area contributed by atoms with Crippen molar-refractivity contribution in [3.63, 3.8) is 0 Å². The van der Waals surface area contributed by atoms with E-state index < -0.39 is 0 Å². The van der Waals surface area contributed by atoms with Gasteiger partial charge in [0.1, 0.15) is 5.01 Å². The normalized spacial score (nSPS) is 10.8. The number of aromatic nitrogens is 1. The van der Waals surface area contributed by atoms with Gasteiger partial charge in [0.15, 0.2) is 0 Å². The molecule has 0 spiro atoms. The summed E-state index contributed by atoms with van der Waals surface area (Å²) in [6, 6.07) is 6.60. The predicted octanol–water partition coefficient (Wildman–Crippen LogP) is 3.61. The van der Waals surface area contributed by atoms with Crippen LogP contribution in [0, 0.1) is 13.8 Å². The largest absolute Gasteiger partial charge is 0.306 e. The molecule has 0 saturated heterocycles. The molecule has 1 heterocycles. The Kier molecular flexibility index (Phi) is 4.50. The first-order valence-electron chi connectivity index (χ1n) is 6.39. The minimum atomic E-state index is 0.859. The summed E-state index contributed by atoms with van der Waals surface area (Å²) in [5, 5.41) is 4.65. The Morgan fingerprint density at radius 2 is 2.06 bits per heavy atom. The molecule has 2 rings (SSSR count). The highest BCUT2D eigenvalue weighted by Gasteiger charge is 2.02. The summed E-state index contributed by atoms with van der Waals surface area (Å²) in [5.74, 6) is 0. The highest BCUT2D eigenvalue weighted by Crippen LogP contribution is 2.14. The van der Waals surface area contributed by atoms with Gasteiger partial charge in [-0.25, -0.2) is 4.98 Å². The predicted molar refractivity (Wildman–Crippen MR) is 78.0 cm³/mol. The van der Waals surface area contributed by atoms with Gasteiger partial charge < -0.3 is 5.32 Å². The molecular formula is C15H20N2S. The van der Waals surface area contributed by atoms with E-state index in [0.29, 0.717) is 0 Å². The van der Waals surface area contributed by atoms with Crippen molar-refractivity contribution < 1.29 is 0 Å². The Morgan fingerprint density at radius 3 is 2.78 bits per heavy atom. The lowest BCUT2D eigenvalue weighted by Gasteiger charge is -2.07. The van der Waals surface area contributed by atoms with E-state index in [9.17, 15) is 0 Å². The number of nitrogens with one attached hydrogen (secondary N) is 1. The number of benzene rings is 1. The maximum absolute atomic E-state index is 4.41. The van der Waals surface area contributed by atoms with Crippen molar-refractivity contribution in [2.45, 2.75) is 40.3 Å². The Hall–Kier alpha value is -1.19. The number of thiazole rings is 1. The van der Waals surface area contributed by atoms with Crippen LogP contribution in [0.5, 0.6) is 0 Å². The summed E-state index contributed by atoms with van der Waals surface area (Å²) in [6.07, 6.45) is 3.06. The molecule has 18 heavy (non-hydrogen) atoms. The monoisotopic (exact) mass is 260 g/mol. The molecule has 1 aromatic heterocycles. The first-order chi connectivity index (χ1) is 8.69. The van der Waals surface area contributed by atoms with Crippen molar-refractivity contribution >= 4 is 11.3 Å². The molecule has 0 atom stereocenters. The average Bonchev–Trinajstić information content (AvgIpc) is 2.81. The van der Waals surface area contributed by atoms with Crippen LogP contribution in [0.1, 0.15) is 33.5 Å². The first-order valence-corrected chi connectivity index (χ1v) is 7.21. The van der Waals surface area contributed by atoms with Crippen LogP contribution >= 0.6 is 11.3 Å². The van der Waals surface area contributed by atoms with Gasteiger partial charge in [0, 0.05) is 24.2 Å². The van der Waals surface area contributed by atoms with Crippen molar-refractivity contribution in [3.8, 4) is 0 Å². The van der Waals surface area contributed by atoms with E-state index in [4.69, 9.17) is 0 Å². The summed E-state index contributed by atoms with van der Waals surface area (Å²) >= 11 is 1.80. The molecule has 0 fully saturated rings. The Morgan fingerprint density at radius 1 is 1.22 bits per heavy atom. The van der Waals surface area contributed by atoms with Gasteiger partial charge in [0.2, 0.25) is 0 Å². The topological polar surface area (TPSA) is 24.9 Å². The third kappa shape index (κ3) is 3.40. The van der Waals surface area contributed by atoms with E-state index in [0.717, 1.165) is 19.5 Å². The molecule has 2 aromatic rings. The Balaban J connectivity index is 1.90. The van der Waals surface area contributed by atoms with Crippen molar-refractivity contribution in [2.75, 3.05) is 0 Å². The molecule has 1 aromatic carbocycles. The number of hydrogen-bond acceptors (Lipinski definition) is 3. The number of aryl methyl sites for hydroxylation is 3. The fourth-order valence-electron chi connectivity index (χ4n) is 1.89. The van der Waals surface area contributed by atoms with Crippen molar-refractivity contribution in [1.82, 2.24) is 10.3 Å². The van der Waals surface area contributed by atoms with Crippen molar-refractivity contribution in [2.24, 2.45) is 0 Å². The van der Waals surface area contributed by atoms with Gasteiger partial charge in [-0.05, 0) is 31.4 Å². The maximum atomic E-state index is 4.41. The molecular weight excluding hydrogens is 240 g/mol. The number of hydrogen-bond donors (Lipinski definition) is 1. The fraction of sp³-hybridized carbons (Fsp3) is 0.400.